The van der Waals surface area contributed by atoms with Crippen LogP contribution in [0, 0.1) is 10.7 Å². The van der Waals surface area contributed by atoms with Gasteiger partial charge in [-0.1, -0.05) is 0 Å². The highest BCUT2D eigenvalue weighted by Gasteiger charge is 2.22. The minimum absolute atomic E-state index is 0.822. The van der Waals surface area contributed by atoms with E-state index in [1.165, 1.54) is 12.8 Å². The molecule has 0 unspecified atom stereocenters. The first-order valence-electron chi connectivity index (χ1n) is 7.28. The topological polar surface area (TPSA) is 22.3 Å². The van der Waals surface area contributed by atoms with E-state index < -0.39 is 0 Å². The molecule has 0 spiro atoms. The third kappa shape index (κ3) is 3.36. The fourth-order valence-electron chi connectivity index (χ4n) is 2.52. The van der Waals surface area contributed by atoms with E-state index in [1.54, 1.807) is 7.11 Å². The van der Waals surface area contributed by atoms with Crippen molar-refractivity contribution in [2.45, 2.75) is 19.5 Å². The average molecular weight is 303 g/mol. The molecule has 1 heterocycles. The van der Waals surface area contributed by atoms with Gasteiger partial charge in [-0.15, -0.1) is 0 Å². The van der Waals surface area contributed by atoms with Gasteiger partial charge in [0.25, 0.3) is 0 Å². The Morgan fingerprint density at radius 1 is 1.24 bits per heavy atom. The predicted molar refractivity (Wildman–Crippen MR) is 86.5 cm³/mol. The zero-order valence-corrected chi connectivity index (χ0v) is 13.3. The number of aromatic nitrogens is 2. The Kier molecular flexibility index (Phi) is 4.12. The SMILES string of the molecule is COc1ccc(-n2ccn(CN(C)CC3CC3)c2=S)cc1. The zero-order valence-electron chi connectivity index (χ0n) is 12.5. The summed E-state index contributed by atoms with van der Waals surface area (Å²) in [5.41, 5.74) is 1.06. The lowest BCUT2D eigenvalue weighted by Gasteiger charge is -2.16. The Balaban J connectivity index is 1.75. The summed E-state index contributed by atoms with van der Waals surface area (Å²) in [4.78, 5) is 2.34. The Hall–Kier alpha value is -1.59. The Bertz CT molecular complexity index is 655. The Morgan fingerprint density at radius 2 is 1.95 bits per heavy atom. The summed E-state index contributed by atoms with van der Waals surface area (Å²) >= 11 is 5.58. The first kappa shape index (κ1) is 14.4. The largest absolute Gasteiger partial charge is 0.497 e. The molecule has 0 N–H and O–H groups in total. The highest BCUT2D eigenvalue weighted by Crippen LogP contribution is 2.29. The number of nitrogens with zero attached hydrogens (tertiary/aromatic N) is 3. The van der Waals surface area contributed by atoms with Gasteiger partial charge in [-0.25, -0.2) is 0 Å². The molecule has 0 atom stereocenters. The van der Waals surface area contributed by atoms with E-state index >= 15 is 0 Å². The molecule has 112 valence electrons. The summed E-state index contributed by atoms with van der Waals surface area (Å²) in [6.07, 6.45) is 6.83. The molecule has 0 bridgehead atoms. The minimum Gasteiger partial charge on any atom is -0.497 e. The van der Waals surface area contributed by atoms with Gasteiger partial charge >= 0.3 is 0 Å². The van der Waals surface area contributed by atoms with Crippen LogP contribution in [0.3, 0.4) is 0 Å². The van der Waals surface area contributed by atoms with Crippen molar-refractivity contribution in [1.29, 1.82) is 0 Å². The molecule has 21 heavy (non-hydrogen) atoms. The molecule has 5 heteroatoms. The molecule has 1 fully saturated rings. The first-order valence-corrected chi connectivity index (χ1v) is 7.69. The van der Waals surface area contributed by atoms with Crippen LogP contribution in [-0.4, -0.2) is 34.7 Å². The van der Waals surface area contributed by atoms with E-state index in [0.717, 1.165) is 35.3 Å². The number of benzene rings is 1. The lowest BCUT2D eigenvalue weighted by atomic mass is 10.3. The summed E-state index contributed by atoms with van der Waals surface area (Å²) in [7, 11) is 3.83. The van der Waals surface area contributed by atoms with Gasteiger partial charge in [0.2, 0.25) is 0 Å². The van der Waals surface area contributed by atoms with Gasteiger partial charge in [-0.05, 0) is 62.3 Å². The van der Waals surface area contributed by atoms with Crippen molar-refractivity contribution in [3.63, 3.8) is 0 Å². The van der Waals surface area contributed by atoms with Gasteiger partial charge in [0.15, 0.2) is 4.77 Å². The van der Waals surface area contributed by atoms with Crippen molar-refractivity contribution in [3.05, 3.63) is 41.4 Å². The van der Waals surface area contributed by atoms with Crippen LogP contribution in [0.1, 0.15) is 12.8 Å². The molecular weight excluding hydrogens is 282 g/mol. The first-order chi connectivity index (χ1) is 10.2. The predicted octanol–water partition coefficient (Wildman–Crippen LogP) is 3.32. The Morgan fingerprint density at radius 3 is 2.57 bits per heavy atom. The summed E-state index contributed by atoms with van der Waals surface area (Å²) in [5, 5.41) is 0. The molecule has 0 amide bonds. The van der Waals surface area contributed by atoms with Crippen molar-refractivity contribution in [2.24, 2.45) is 5.92 Å². The molecule has 1 aromatic carbocycles. The van der Waals surface area contributed by atoms with Crippen LogP contribution in [0.2, 0.25) is 0 Å². The normalized spacial score (nSPS) is 14.6. The van der Waals surface area contributed by atoms with E-state index in [9.17, 15) is 0 Å². The van der Waals surface area contributed by atoms with E-state index in [-0.39, 0.29) is 0 Å². The highest BCUT2D eigenvalue weighted by atomic mass is 32.1. The maximum atomic E-state index is 5.58. The second kappa shape index (κ2) is 6.03. The fraction of sp³-hybridized carbons (Fsp3) is 0.438. The van der Waals surface area contributed by atoms with Crippen molar-refractivity contribution in [2.75, 3.05) is 20.7 Å². The number of hydrogen-bond donors (Lipinski definition) is 0. The van der Waals surface area contributed by atoms with Crippen molar-refractivity contribution in [1.82, 2.24) is 14.0 Å². The minimum atomic E-state index is 0.822. The summed E-state index contributed by atoms with van der Waals surface area (Å²) < 4.78 is 10.2. The molecule has 1 saturated carbocycles. The van der Waals surface area contributed by atoms with Crippen molar-refractivity contribution in [3.8, 4) is 11.4 Å². The van der Waals surface area contributed by atoms with Crippen LogP contribution in [0.5, 0.6) is 5.75 Å². The molecule has 0 radical (unpaired) electrons. The van der Waals surface area contributed by atoms with Crippen LogP contribution in [0.4, 0.5) is 0 Å². The molecule has 1 aromatic heterocycles. The molecule has 2 aromatic rings. The van der Waals surface area contributed by atoms with E-state index in [0.29, 0.717) is 0 Å². The number of methoxy groups -OCH3 is 1. The van der Waals surface area contributed by atoms with E-state index in [2.05, 4.69) is 22.7 Å². The monoisotopic (exact) mass is 303 g/mol. The second-order valence-corrected chi connectivity index (χ2v) is 6.11. The maximum absolute atomic E-state index is 5.58. The Labute approximate surface area is 130 Å². The molecule has 0 saturated heterocycles. The standard InChI is InChI=1S/C16H21N3OS/c1-17(11-13-3-4-13)12-18-9-10-19(16(18)21)14-5-7-15(20-2)8-6-14/h5-10,13H,3-4,11-12H2,1-2H3. The van der Waals surface area contributed by atoms with Crippen LogP contribution < -0.4 is 4.74 Å². The highest BCUT2D eigenvalue weighted by molar-refractivity contribution is 7.71. The zero-order chi connectivity index (χ0) is 14.8. The van der Waals surface area contributed by atoms with Gasteiger partial charge < -0.3 is 9.30 Å². The lowest BCUT2D eigenvalue weighted by molar-refractivity contribution is 0.256. The summed E-state index contributed by atoms with van der Waals surface area (Å²) in [5.74, 6) is 1.75. The molecule has 4 nitrogen and oxygen atoms in total. The van der Waals surface area contributed by atoms with Gasteiger partial charge in [0.05, 0.1) is 13.8 Å². The number of imidazole rings is 1. The van der Waals surface area contributed by atoms with E-state index in [1.807, 2.05) is 35.0 Å². The number of rotatable bonds is 6. The van der Waals surface area contributed by atoms with Crippen molar-refractivity contribution < 1.29 is 4.74 Å². The quantitative estimate of drug-likeness (QED) is 0.764. The number of ether oxygens (including phenoxy) is 1. The average Bonchev–Trinajstić information content (AvgIpc) is 3.23. The second-order valence-electron chi connectivity index (χ2n) is 5.74. The van der Waals surface area contributed by atoms with Gasteiger partial charge in [0, 0.05) is 24.6 Å². The summed E-state index contributed by atoms with van der Waals surface area (Å²) in [6.45, 7) is 2.01. The summed E-state index contributed by atoms with van der Waals surface area (Å²) in [6, 6.07) is 7.95. The molecule has 3 rings (SSSR count). The lowest BCUT2D eigenvalue weighted by Crippen LogP contribution is -2.24. The van der Waals surface area contributed by atoms with Crippen LogP contribution >= 0.6 is 12.2 Å². The molecule has 1 aliphatic rings. The third-order valence-corrected chi connectivity index (χ3v) is 4.29. The fourth-order valence-corrected chi connectivity index (χ4v) is 2.80. The van der Waals surface area contributed by atoms with Crippen LogP contribution in [-0.2, 0) is 6.67 Å². The van der Waals surface area contributed by atoms with Crippen LogP contribution in [0.15, 0.2) is 36.7 Å². The van der Waals surface area contributed by atoms with Gasteiger partial charge in [0.1, 0.15) is 5.75 Å². The van der Waals surface area contributed by atoms with Gasteiger partial charge in [-0.3, -0.25) is 9.47 Å². The van der Waals surface area contributed by atoms with Gasteiger partial charge in [-0.2, -0.15) is 0 Å². The van der Waals surface area contributed by atoms with Crippen molar-refractivity contribution >= 4 is 12.2 Å². The van der Waals surface area contributed by atoms with E-state index in [4.69, 9.17) is 17.0 Å². The third-order valence-electron chi connectivity index (χ3n) is 3.86. The smallest absolute Gasteiger partial charge is 0.185 e. The number of hydrogen-bond acceptors (Lipinski definition) is 3. The molecule has 1 aliphatic carbocycles. The van der Waals surface area contributed by atoms with Crippen LogP contribution in [0.25, 0.3) is 5.69 Å². The maximum Gasteiger partial charge on any atom is 0.185 e. The molecule has 0 aliphatic heterocycles. The molecular formula is C16H21N3OS.